The van der Waals surface area contributed by atoms with Gasteiger partial charge in [0.15, 0.2) is 0 Å². The van der Waals surface area contributed by atoms with Gasteiger partial charge in [0.05, 0.1) is 5.69 Å². The molecule has 3 rings (SSSR count). The first-order valence-corrected chi connectivity index (χ1v) is 8.00. The number of nitrogens with zero attached hydrogens (tertiary/aromatic N) is 5. The highest BCUT2D eigenvalue weighted by Gasteiger charge is 2.25. The second kappa shape index (κ2) is 6.72. The zero-order valence-electron chi connectivity index (χ0n) is 14.3. The van der Waals surface area contributed by atoms with Gasteiger partial charge in [0.2, 0.25) is 0 Å². The monoisotopic (exact) mass is 337 g/mol. The summed E-state index contributed by atoms with van der Waals surface area (Å²) in [6, 6.07) is 15.8. The lowest BCUT2D eigenvalue weighted by Gasteiger charge is -2.25. The van der Waals surface area contributed by atoms with Gasteiger partial charge in [-0.15, -0.1) is 4.68 Å². The van der Waals surface area contributed by atoms with Crippen molar-refractivity contribution in [3.8, 4) is 5.69 Å². The number of tetrazole rings is 1. The van der Waals surface area contributed by atoms with Gasteiger partial charge in [-0.3, -0.25) is 4.90 Å². The van der Waals surface area contributed by atoms with Crippen molar-refractivity contribution < 1.29 is 4.79 Å². The summed E-state index contributed by atoms with van der Waals surface area (Å²) in [5.41, 5.74) is 1.57. The van der Waals surface area contributed by atoms with E-state index in [0.29, 0.717) is 11.4 Å². The maximum atomic E-state index is 12.9. The van der Waals surface area contributed by atoms with Gasteiger partial charge < -0.3 is 0 Å². The van der Waals surface area contributed by atoms with Crippen LogP contribution in [0.15, 0.2) is 59.4 Å². The van der Waals surface area contributed by atoms with Gasteiger partial charge in [-0.25, -0.2) is 9.59 Å². The number of carbonyl (C=O) groups excluding carboxylic acids is 1. The van der Waals surface area contributed by atoms with Gasteiger partial charge in [0.25, 0.3) is 0 Å². The van der Waals surface area contributed by atoms with Crippen molar-refractivity contribution >= 4 is 11.7 Å². The minimum Gasteiger partial charge on any atom is -0.290 e. The van der Waals surface area contributed by atoms with Crippen LogP contribution in [0.2, 0.25) is 0 Å². The van der Waals surface area contributed by atoms with Crippen molar-refractivity contribution in [3.63, 3.8) is 0 Å². The number of benzene rings is 2. The van der Waals surface area contributed by atoms with E-state index in [0.717, 1.165) is 14.9 Å². The zero-order valence-corrected chi connectivity index (χ0v) is 14.3. The lowest BCUT2D eigenvalue weighted by molar-refractivity contribution is 0.242. The molecule has 0 aliphatic carbocycles. The Balaban J connectivity index is 2.04. The number of anilines is 1. The number of para-hydroxylation sites is 2. The van der Waals surface area contributed by atoms with Crippen LogP contribution in [0.25, 0.3) is 5.69 Å². The highest BCUT2D eigenvalue weighted by molar-refractivity contribution is 5.93. The molecular weight excluding hydrogens is 318 g/mol. The molecule has 0 N–H and O–H groups in total. The molecule has 0 bridgehead atoms. The molecule has 1 aromatic heterocycles. The average Bonchev–Trinajstić information content (AvgIpc) is 2.97. The molecule has 0 aliphatic heterocycles. The summed E-state index contributed by atoms with van der Waals surface area (Å²) in [7, 11) is 0. The van der Waals surface area contributed by atoms with Gasteiger partial charge in [-0.2, -0.15) is 4.68 Å². The Morgan fingerprint density at radius 3 is 2.28 bits per heavy atom. The van der Waals surface area contributed by atoms with Crippen molar-refractivity contribution in [3.05, 3.63) is 70.6 Å². The highest BCUT2D eigenvalue weighted by atomic mass is 16.2. The second-order valence-electron chi connectivity index (χ2n) is 5.95. The number of hydrogen-bond acceptors (Lipinski definition) is 4. The van der Waals surface area contributed by atoms with Crippen molar-refractivity contribution in [2.24, 2.45) is 0 Å². The summed E-state index contributed by atoms with van der Waals surface area (Å²) in [5, 5.41) is 7.66. The van der Waals surface area contributed by atoms with Gasteiger partial charge in [0, 0.05) is 11.7 Å². The number of hydrogen-bond donors (Lipinski definition) is 0. The van der Waals surface area contributed by atoms with E-state index in [9.17, 15) is 9.59 Å². The predicted molar refractivity (Wildman–Crippen MR) is 95.2 cm³/mol. The lowest BCUT2D eigenvalue weighted by atomic mass is 10.2. The summed E-state index contributed by atoms with van der Waals surface area (Å²) in [6.07, 6.45) is 0. The molecule has 0 atom stereocenters. The first-order valence-electron chi connectivity index (χ1n) is 8.00. The quantitative estimate of drug-likeness (QED) is 0.689. The summed E-state index contributed by atoms with van der Waals surface area (Å²) in [4.78, 5) is 27.1. The molecule has 7 nitrogen and oxygen atoms in total. The van der Waals surface area contributed by atoms with E-state index in [-0.39, 0.29) is 6.04 Å². The van der Waals surface area contributed by atoms with E-state index < -0.39 is 11.7 Å². The number of aromatic nitrogens is 4. The molecular formula is C18H19N5O2. The van der Waals surface area contributed by atoms with E-state index in [1.54, 1.807) is 12.1 Å². The Morgan fingerprint density at radius 2 is 1.64 bits per heavy atom. The van der Waals surface area contributed by atoms with Crippen LogP contribution in [0.4, 0.5) is 10.5 Å². The smallest absolute Gasteiger partial charge is 0.290 e. The third kappa shape index (κ3) is 3.08. The van der Waals surface area contributed by atoms with Crippen molar-refractivity contribution in [1.82, 2.24) is 19.8 Å². The summed E-state index contributed by atoms with van der Waals surface area (Å²) < 4.78 is 1.93. The fourth-order valence-corrected chi connectivity index (χ4v) is 2.64. The minimum absolute atomic E-state index is 0.148. The second-order valence-corrected chi connectivity index (χ2v) is 5.95. The Morgan fingerprint density at radius 1 is 1.00 bits per heavy atom. The summed E-state index contributed by atoms with van der Waals surface area (Å²) >= 11 is 0. The fraction of sp³-hybridized carbons (Fsp3) is 0.222. The molecule has 1 amide bonds. The first kappa shape index (κ1) is 16.6. The van der Waals surface area contributed by atoms with Crippen LogP contribution in [-0.2, 0) is 0 Å². The molecule has 128 valence electrons. The molecule has 0 unspecified atom stereocenters. The van der Waals surface area contributed by atoms with Crippen LogP contribution in [0.5, 0.6) is 0 Å². The molecule has 7 heteroatoms. The van der Waals surface area contributed by atoms with E-state index in [1.807, 2.05) is 63.2 Å². The maximum absolute atomic E-state index is 12.9. The minimum atomic E-state index is -0.596. The normalized spacial score (nSPS) is 10.9. The van der Waals surface area contributed by atoms with Crippen LogP contribution in [0, 0.1) is 6.92 Å². The molecule has 0 saturated carbocycles. The molecule has 0 fully saturated rings. The standard InChI is InChI=1S/C18H19N5O2/c1-13(2)21(15-10-5-4-6-11-15)17(24)23-18(25)22(19-20-23)16-12-8-7-9-14(16)3/h4-13H,1-3H3. The predicted octanol–water partition coefficient (Wildman–Crippen LogP) is 2.62. The van der Waals surface area contributed by atoms with Crippen LogP contribution >= 0.6 is 0 Å². The maximum Gasteiger partial charge on any atom is 0.377 e. The van der Waals surface area contributed by atoms with E-state index >= 15 is 0 Å². The third-order valence-corrected chi connectivity index (χ3v) is 3.86. The Bertz CT molecular complexity index is 943. The molecule has 0 aliphatic rings. The van der Waals surface area contributed by atoms with Crippen molar-refractivity contribution in [2.45, 2.75) is 26.8 Å². The number of rotatable bonds is 3. The van der Waals surface area contributed by atoms with E-state index in [1.165, 1.54) is 4.90 Å². The Hall–Kier alpha value is -3.22. The Labute approximate surface area is 145 Å². The molecule has 25 heavy (non-hydrogen) atoms. The van der Waals surface area contributed by atoms with Gasteiger partial charge in [-0.05, 0) is 55.0 Å². The van der Waals surface area contributed by atoms with Crippen LogP contribution in [0.3, 0.4) is 0 Å². The third-order valence-electron chi connectivity index (χ3n) is 3.86. The number of amides is 1. The fourth-order valence-electron chi connectivity index (χ4n) is 2.64. The topological polar surface area (TPSA) is 73.0 Å². The summed E-state index contributed by atoms with van der Waals surface area (Å²) in [6.45, 7) is 5.62. The SMILES string of the molecule is Cc1ccccc1-n1nnn(C(=O)N(c2ccccc2)C(C)C)c1=O. The van der Waals surface area contributed by atoms with E-state index in [2.05, 4.69) is 10.4 Å². The lowest BCUT2D eigenvalue weighted by Crippen LogP contribution is -2.44. The molecule has 3 aromatic rings. The van der Waals surface area contributed by atoms with E-state index in [4.69, 9.17) is 0 Å². The average molecular weight is 337 g/mol. The largest absolute Gasteiger partial charge is 0.377 e. The molecule has 0 spiro atoms. The summed E-state index contributed by atoms with van der Waals surface area (Å²) in [5.74, 6) is 0. The number of carbonyl (C=O) groups is 1. The molecule has 0 radical (unpaired) electrons. The molecule has 0 saturated heterocycles. The first-order chi connectivity index (χ1) is 12.0. The van der Waals surface area contributed by atoms with Gasteiger partial charge in [-0.1, -0.05) is 36.4 Å². The number of aryl methyl sites for hydroxylation is 1. The van der Waals surface area contributed by atoms with Gasteiger partial charge >= 0.3 is 11.7 Å². The van der Waals surface area contributed by atoms with Crippen molar-refractivity contribution in [1.29, 1.82) is 0 Å². The molecule has 1 heterocycles. The van der Waals surface area contributed by atoms with Gasteiger partial charge in [0.1, 0.15) is 0 Å². The van der Waals surface area contributed by atoms with Crippen LogP contribution in [0.1, 0.15) is 19.4 Å². The highest BCUT2D eigenvalue weighted by Crippen LogP contribution is 2.17. The van der Waals surface area contributed by atoms with Crippen LogP contribution in [-0.4, -0.2) is 31.9 Å². The van der Waals surface area contributed by atoms with Crippen LogP contribution < -0.4 is 10.6 Å². The zero-order chi connectivity index (χ0) is 18.0. The Kier molecular flexibility index (Phi) is 4.47. The molecule has 2 aromatic carbocycles. The van der Waals surface area contributed by atoms with Crippen molar-refractivity contribution in [2.75, 3.05) is 4.90 Å².